The fourth-order valence-corrected chi connectivity index (χ4v) is 4.49. The average molecular weight is 552 g/mol. The number of hydrogen-bond acceptors (Lipinski definition) is 5. The van der Waals surface area contributed by atoms with Crippen molar-refractivity contribution in [2.75, 3.05) is 11.9 Å². The third-order valence-corrected chi connectivity index (χ3v) is 6.38. The normalized spacial score (nSPS) is 15.0. The van der Waals surface area contributed by atoms with E-state index < -0.39 is 17.1 Å². The van der Waals surface area contributed by atoms with Gasteiger partial charge in [0, 0.05) is 26.8 Å². The maximum atomic E-state index is 12.7. The summed E-state index contributed by atoms with van der Waals surface area (Å²) in [6.45, 7) is -0.387. The fourth-order valence-electron chi connectivity index (χ4n) is 2.91. The predicted octanol–water partition coefficient (Wildman–Crippen LogP) is 6.69. The molecule has 2 aromatic carbocycles. The van der Waals surface area contributed by atoms with Crippen molar-refractivity contribution in [3.63, 3.8) is 0 Å². The number of nitrogens with one attached hydrogen (secondary N) is 1. The molecular weight excluding hydrogens is 539 g/mol. The van der Waals surface area contributed by atoms with Gasteiger partial charge in [-0.05, 0) is 66.4 Å². The number of furan rings is 1. The highest BCUT2D eigenvalue weighted by atomic mass is 79.9. The van der Waals surface area contributed by atoms with Crippen molar-refractivity contribution in [1.29, 1.82) is 0 Å². The van der Waals surface area contributed by atoms with Crippen LogP contribution in [0.2, 0.25) is 10.0 Å². The van der Waals surface area contributed by atoms with Crippen molar-refractivity contribution in [3.05, 3.63) is 79.8 Å². The molecule has 0 radical (unpaired) electrons. The highest BCUT2D eigenvalue weighted by Gasteiger charge is 2.36. The van der Waals surface area contributed by atoms with Gasteiger partial charge in [-0.15, -0.1) is 0 Å². The van der Waals surface area contributed by atoms with Gasteiger partial charge in [-0.2, -0.15) is 0 Å². The van der Waals surface area contributed by atoms with E-state index in [1.54, 1.807) is 54.6 Å². The van der Waals surface area contributed by atoms with Gasteiger partial charge in [0.1, 0.15) is 18.1 Å². The number of carbonyl (C=O) groups is 3. The molecule has 6 nitrogen and oxygen atoms in total. The lowest BCUT2D eigenvalue weighted by molar-refractivity contribution is -0.127. The van der Waals surface area contributed by atoms with E-state index in [2.05, 4.69) is 21.2 Å². The highest BCUT2D eigenvalue weighted by molar-refractivity contribution is 9.10. The van der Waals surface area contributed by atoms with Crippen molar-refractivity contribution in [2.24, 2.45) is 0 Å². The lowest BCUT2D eigenvalue weighted by atomic mass is 10.2. The van der Waals surface area contributed by atoms with Gasteiger partial charge in [0.2, 0.25) is 5.91 Å². The van der Waals surface area contributed by atoms with Crippen LogP contribution >= 0.6 is 50.9 Å². The fraction of sp³-hybridized carbons (Fsp3) is 0.0455. The molecule has 1 fully saturated rings. The molecule has 1 aliphatic heterocycles. The number of rotatable bonds is 5. The second-order valence-corrected chi connectivity index (χ2v) is 9.40. The Morgan fingerprint density at radius 2 is 1.84 bits per heavy atom. The third-order valence-electron chi connectivity index (χ3n) is 4.40. The number of hydrogen-bond donors (Lipinski definition) is 1. The lowest BCUT2D eigenvalue weighted by Crippen LogP contribution is -2.36. The van der Waals surface area contributed by atoms with Crippen LogP contribution in [-0.4, -0.2) is 28.5 Å². The van der Waals surface area contributed by atoms with Crippen molar-refractivity contribution < 1.29 is 18.8 Å². The summed E-state index contributed by atoms with van der Waals surface area (Å²) < 4.78 is 6.63. The Labute approximate surface area is 205 Å². The molecule has 0 spiro atoms. The van der Waals surface area contributed by atoms with Crippen molar-refractivity contribution in [2.45, 2.75) is 0 Å². The van der Waals surface area contributed by atoms with Crippen LogP contribution in [-0.2, 0) is 9.59 Å². The maximum Gasteiger partial charge on any atom is 0.294 e. The van der Waals surface area contributed by atoms with Gasteiger partial charge in [-0.25, -0.2) is 0 Å². The monoisotopic (exact) mass is 550 g/mol. The third kappa shape index (κ3) is 5.10. The Morgan fingerprint density at radius 1 is 1.09 bits per heavy atom. The molecule has 0 saturated carbocycles. The second kappa shape index (κ2) is 9.54. The largest absolute Gasteiger partial charge is 0.457 e. The molecule has 32 heavy (non-hydrogen) atoms. The minimum absolute atomic E-state index is 0.162. The van der Waals surface area contributed by atoms with E-state index >= 15 is 0 Å². The first-order chi connectivity index (χ1) is 15.3. The number of amides is 3. The van der Waals surface area contributed by atoms with E-state index in [1.807, 2.05) is 0 Å². The molecule has 3 aromatic rings. The summed E-state index contributed by atoms with van der Waals surface area (Å²) in [6.07, 6.45) is 1.46. The van der Waals surface area contributed by atoms with Gasteiger partial charge in [-0.3, -0.25) is 19.3 Å². The van der Waals surface area contributed by atoms with Crippen molar-refractivity contribution in [3.8, 4) is 11.3 Å². The Balaban J connectivity index is 1.46. The van der Waals surface area contributed by atoms with Gasteiger partial charge in [-0.1, -0.05) is 39.1 Å². The van der Waals surface area contributed by atoms with E-state index in [-0.39, 0.29) is 11.4 Å². The van der Waals surface area contributed by atoms with Crippen LogP contribution in [0.15, 0.2) is 68.4 Å². The summed E-state index contributed by atoms with van der Waals surface area (Å²) in [6, 6.07) is 15.3. The molecule has 0 atom stereocenters. The molecule has 162 valence electrons. The summed E-state index contributed by atoms with van der Waals surface area (Å²) >= 11 is 16.2. The van der Waals surface area contributed by atoms with Crippen LogP contribution in [0.1, 0.15) is 5.76 Å². The highest BCUT2D eigenvalue weighted by Crippen LogP contribution is 2.35. The zero-order valence-electron chi connectivity index (χ0n) is 16.1. The topological polar surface area (TPSA) is 79.6 Å². The standard InChI is InChI=1S/C22H13BrCl2N2O4S/c23-12-1-4-14(5-2-12)26-20(28)11-27-21(29)19(32-22(27)30)10-15-6-8-18(31-15)16-7-3-13(24)9-17(16)25/h1-10H,11H2,(H,26,28)/b19-10+. The molecule has 10 heteroatoms. The van der Waals surface area contributed by atoms with Crippen LogP contribution in [0.4, 0.5) is 10.5 Å². The smallest absolute Gasteiger partial charge is 0.294 e. The molecule has 1 N–H and O–H groups in total. The molecule has 0 unspecified atom stereocenters. The zero-order valence-corrected chi connectivity index (χ0v) is 20.0. The molecule has 1 saturated heterocycles. The Bertz CT molecular complexity index is 1260. The first kappa shape index (κ1) is 22.7. The molecule has 0 bridgehead atoms. The molecule has 1 aromatic heterocycles. The van der Waals surface area contributed by atoms with E-state index in [0.29, 0.717) is 32.8 Å². The van der Waals surface area contributed by atoms with E-state index in [4.69, 9.17) is 27.6 Å². The number of imide groups is 1. The van der Waals surface area contributed by atoms with Gasteiger partial charge in [0.15, 0.2) is 0 Å². The number of benzene rings is 2. The maximum absolute atomic E-state index is 12.7. The van der Waals surface area contributed by atoms with Crippen LogP contribution in [0.3, 0.4) is 0 Å². The Hall–Kier alpha value is -2.52. The van der Waals surface area contributed by atoms with Crippen LogP contribution in [0.5, 0.6) is 0 Å². The van der Waals surface area contributed by atoms with Crippen LogP contribution < -0.4 is 5.32 Å². The molecule has 4 rings (SSSR count). The van der Waals surface area contributed by atoms with Gasteiger partial charge in [0.25, 0.3) is 11.1 Å². The average Bonchev–Trinajstić information content (AvgIpc) is 3.30. The summed E-state index contributed by atoms with van der Waals surface area (Å²) in [5, 5.41) is 3.06. The summed E-state index contributed by atoms with van der Waals surface area (Å²) in [4.78, 5) is 38.3. The van der Waals surface area contributed by atoms with E-state index in [9.17, 15) is 14.4 Å². The quantitative estimate of drug-likeness (QED) is 0.357. The molecule has 2 heterocycles. The molecule has 3 amide bonds. The van der Waals surface area contributed by atoms with Gasteiger partial charge < -0.3 is 9.73 Å². The molecule has 1 aliphatic rings. The molecular formula is C22H13BrCl2N2O4S. The number of carbonyl (C=O) groups excluding carboxylic acids is 3. The van der Waals surface area contributed by atoms with Gasteiger partial charge in [0.05, 0.1) is 9.93 Å². The van der Waals surface area contributed by atoms with E-state index in [0.717, 1.165) is 21.1 Å². The number of anilines is 1. The van der Waals surface area contributed by atoms with Crippen molar-refractivity contribution >= 4 is 79.7 Å². The summed E-state index contributed by atoms with van der Waals surface area (Å²) in [7, 11) is 0. The number of halogens is 3. The summed E-state index contributed by atoms with van der Waals surface area (Å²) in [5.41, 5.74) is 1.21. The first-order valence-electron chi connectivity index (χ1n) is 9.16. The van der Waals surface area contributed by atoms with Gasteiger partial charge >= 0.3 is 0 Å². The van der Waals surface area contributed by atoms with E-state index in [1.165, 1.54) is 6.08 Å². The zero-order chi connectivity index (χ0) is 22.8. The molecule has 0 aliphatic carbocycles. The minimum Gasteiger partial charge on any atom is -0.457 e. The number of thioether (sulfide) groups is 1. The predicted molar refractivity (Wildman–Crippen MR) is 130 cm³/mol. The van der Waals surface area contributed by atoms with Crippen LogP contribution in [0.25, 0.3) is 17.4 Å². The Kier molecular flexibility index (Phi) is 6.76. The minimum atomic E-state index is -0.562. The first-order valence-corrected chi connectivity index (χ1v) is 11.5. The number of nitrogens with zero attached hydrogens (tertiary/aromatic N) is 1. The second-order valence-electron chi connectivity index (χ2n) is 6.65. The summed E-state index contributed by atoms with van der Waals surface area (Å²) in [5.74, 6) is -0.177. The van der Waals surface area contributed by atoms with Crippen molar-refractivity contribution in [1.82, 2.24) is 4.90 Å². The lowest BCUT2D eigenvalue weighted by Gasteiger charge is -2.12. The van der Waals surface area contributed by atoms with Crippen LogP contribution in [0, 0.1) is 0 Å². The Morgan fingerprint density at radius 3 is 2.56 bits per heavy atom. The SMILES string of the molecule is O=C(CN1C(=O)S/C(=C/c2ccc(-c3ccc(Cl)cc3Cl)o2)C1=O)Nc1ccc(Br)cc1.